The van der Waals surface area contributed by atoms with E-state index >= 15 is 0 Å². The lowest BCUT2D eigenvalue weighted by atomic mass is 10.1. The van der Waals surface area contributed by atoms with Crippen molar-refractivity contribution in [2.45, 2.75) is 33.0 Å². The Bertz CT molecular complexity index is 726. The smallest absolute Gasteiger partial charge is 0.267 e. The number of aliphatic hydroxyl groups excluding tert-OH is 1. The van der Waals surface area contributed by atoms with Crippen LogP contribution in [0, 0.1) is 6.92 Å². The summed E-state index contributed by atoms with van der Waals surface area (Å²) < 4.78 is 5.77. The summed E-state index contributed by atoms with van der Waals surface area (Å²) in [6, 6.07) is 13.4. The van der Waals surface area contributed by atoms with E-state index in [1.54, 1.807) is 19.1 Å². The standard InChI is InChI=1S/C19H21NO3/c1-13-6-7-16-8-9-20(18(16)10-13)19(22)14(2)23-17-5-3-4-15(11-17)12-21/h3-7,10-11,14,21H,8-9,12H2,1-2H3. The van der Waals surface area contributed by atoms with Crippen molar-refractivity contribution in [3.8, 4) is 5.75 Å². The van der Waals surface area contributed by atoms with Crippen LogP contribution in [0.15, 0.2) is 42.5 Å². The molecule has 23 heavy (non-hydrogen) atoms. The van der Waals surface area contributed by atoms with E-state index in [2.05, 4.69) is 18.2 Å². The minimum absolute atomic E-state index is 0.0382. The van der Waals surface area contributed by atoms with Gasteiger partial charge in [-0.3, -0.25) is 4.79 Å². The van der Waals surface area contributed by atoms with Gasteiger partial charge in [0.15, 0.2) is 6.10 Å². The summed E-state index contributed by atoms with van der Waals surface area (Å²) in [5.74, 6) is 0.560. The number of nitrogens with zero attached hydrogens (tertiary/aromatic N) is 1. The molecule has 0 fully saturated rings. The van der Waals surface area contributed by atoms with Crippen LogP contribution in [0.4, 0.5) is 5.69 Å². The molecule has 0 saturated carbocycles. The third-order valence-corrected chi connectivity index (χ3v) is 4.14. The average molecular weight is 311 g/mol. The zero-order valence-electron chi connectivity index (χ0n) is 13.5. The van der Waals surface area contributed by atoms with Crippen LogP contribution in [-0.4, -0.2) is 23.7 Å². The van der Waals surface area contributed by atoms with Crippen molar-refractivity contribution in [1.29, 1.82) is 0 Å². The van der Waals surface area contributed by atoms with E-state index in [-0.39, 0.29) is 12.5 Å². The first-order valence-electron chi connectivity index (χ1n) is 7.86. The zero-order valence-corrected chi connectivity index (χ0v) is 13.5. The van der Waals surface area contributed by atoms with E-state index in [0.29, 0.717) is 12.3 Å². The number of hydrogen-bond donors (Lipinski definition) is 1. The number of aliphatic hydroxyl groups is 1. The number of aryl methyl sites for hydroxylation is 1. The maximum absolute atomic E-state index is 12.7. The Morgan fingerprint density at radius 3 is 2.91 bits per heavy atom. The summed E-state index contributed by atoms with van der Waals surface area (Å²) in [7, 11) is 0. The van der Waals surface area contributed by atoms with Crippen LogP contribution in [0.2, 0.25) is 0 Å². The van der Waals surface area contributed by atoms with Gasteiger partial charge in [0.1, 0.15) is 5.75 Å². The minimum Gasteiger partial charge on any atom is -0.481 e. The number of fused-ring (bicyclic) bond motifs is 1. The van der Waals surface area contributed by atoms with Gasteiger partial charge in [-0.2, -0.15) is 0 Å². The van der Waals surface area contributed by atoms with Crippen molar-refractivity contribution in [2.24, 2.45) is 0 Å². The molecule has 1 aliphatic rings. The second kappa shape index (κ2) is 6.42. The highest BCUT2D eigenvalue weighted by Gasteiger charge is 2.29. The van der Waals surface area contributed by atoms with Gasteiger partial charge < -0.3 is 14.7 Å². The van der Waals surface area contributed by atoms with E-state index in [1.807, 2.05) is 24.0 Å². The van der Waals surface area contributed by atoms with Crippen LogP contribution in [0.25, 0.3) is 0 Å². The molecule has 2 aromatic rings. The lowest BCUT2D eigenvalue weighted by molar-refractivity contribution is -0.124. The van der Waals surface area contributed by atoms with E-state index < -0.39 is 6.10 Å². The summed E-state index contributed by atoms with van der Waals surface area (Å²) in [6.45, 7) is 4.45. The summed E-state index contributed by atoms with van der Waals surface area (Å²) in [5.41, 5.74) is 4.12. The molecule has 1 heterocycles. The maximum atomic E-state index is 12.7. The number of amides is 1. The molecule has 4 heteroatoms. The number of benzene rings is 2. The van der Waals surface area contributed by atoms with Crippen LogP contribution in [0.3, 0.4) is 0 Å². The Hall–Kier alpha value is -2.33. The third-order valence-electron chi connectivity index (χ3n) is 4.14. The fraction of sp³-hybridized carbons (Fsp3) is 0.316. The Labute approximate surface area is 136 Å². The molecule has 3 rings (SSSR count). The van der Waals surface area contributed by atoms with E-state index in [0.717, 1.165) is 23.2 Å². The number of anilines is 1. The van der Waals surface area contributed by atoms with Gasteiger partial charge in [0.2, 0.25) is 0 Å². The highest BCUT2D eigenvalue weighted by Crippen LogP contribution is 2.30. The van der Waals surface area contributed by atoms with Crippen molar-refractivity contribution >= 4 is 11.6 Å². The van der Waals surface area contributed by atoms with E-state index in [9.17, 15) is 9.90 Å². The molecule has 1 N–H and O–H groups in total. The molecule has 0 aliphatic carbocycles. The predicted octanol–water partition coefficient (Wildman–Crippen LogP) is 2.84. The first kappa shape index (κ1) is 15.6. The summed E-state index contributed by atoms with van der Waals surface area (Å²) in [5, 5.41) is 9.18. The van der Waals surface area contributed by atoms with Gasteiger partial charge in [-0.05, 0) is 55.2 Å². The molecule has 0 radical (unpaired) electrons. The summed E-state index contributed by atoms with van der Waals surface area (Å²) in [6.07, 6.45) is 0.309. The lowest BCUT2D eigenvalue weighted by Gasteiger charge is -2.22. The zero-order chi connectivity index (χ0) is 16.4. The van der Waals surface area contributed by atoms with Gasteiger partial charge >= 0.3 is 0 Å². The number of carbonyl (C=O) groups excluding carboxylic acids is 1. The molecular weight excluding hydrogens is 290 g/mol. The summed E-state index contributed by atoms with van der Waals surface area (Å²) >= 11 is 0. The van der Waals surface area contributed by atoms with Crippen molar-refractivity contribution in [3.05, 3.63) is 59.2 Å². The molecule has 2 aromatic carbocycles. The van der Waals surface area contributed by atoms with Crippen LogP contribution >= 0.6 is 0 Å². The largest absolute Gasteiger partial charge is 0.481 e. The second-order valence-corrected chi connectivity index (χ2v) is 5.94. The Balaban J connectivity index is 1.75. The number of rotatable bonds is 4. The van der Waals surface area contributed by atoms with Crippen LogP contribution < -0.4 is 9.64 Å². The van der Waals surface area contributed by atoms with E-state index in [4.69, 9.17) is 4.74 Å². The predicted molar refractivity (Wildman–Crippen MR) is 89.7 cm³/mol. The lowest BCUT2D eigenvalue weighted by Crippen LogP contribution is -2.39. The molecule has 1 amide bonds. The van der Waals surface area contributed by atoms with Crippen molar-refractivity contribution in [1.82, 2.24) is 0 Å². The molecular formula is C19H21NO3. The fourth-order valence-electron chi connectivity index (χ4n) is 2.91. The molecule has 4 nitrogen and oxygen atoms in total. The topological polar surface area (TPSA) is 49.8 Å². The minimum atomic E-state index is -0.574. The first-order chi connectivity index (χ1) is 11.1. The quantitative estimate of drug-likeness (QED) is 0.944. The average Bonchev–Trinajstić information content (AvgIpc) is 2.97. The Morgan fingerprint density at radius 2 is 2.13 bits per heavy atom. The highest BCUT2D eigenvalue weighted by atomic mass is 16.5. The van der Waals surface area contributed by atoms with Crippen molar-refractivity contribution in [3.63, 3.8) is 0 Å². The molecule has 120 valence electrons. The van der Waals surface area contributed by atoms with Gasteiger partial charge in [0, 0.05) is 12.2 Å². The van der Waals surface area contributed by atoms with Crippen LogP contribution in [-0.2, 0) is 17.8 Å². The number of hydrogen-bond acceptors (Lipinski definition) is 3. The Kier molecular flexibility index (Phi) is 4.35. The van der Waals surface area contributed by atoms with Crippen molar-refractivity contribution in [2.75, 3.05) is 11.4 Å². The first-order valence-corrected chi connectivity index (χ1v) is 7.86. The summed E-state index contributed by atoms with van der Waals surface area (Å²) in [4.78, 5) is 14.5. The monoisotopic (exact) mass is 311 g/mol. The van der Waals surface area contributed by atoms with Crippen LogP contribution in [0.1, 0.15) is 23.6 Å². The van der Waals surface area contributed by atoms with E-state index in [1.165, 1.54) is 5.56 Å². The SMILES string of the molecule is Cc1ccc2c(c1)N(C(=O)C(C)Oc1cccc(CO)c1)CC2. The molecule has 0 aromatic heterocycles. The Morgan fingerprint density at radius 1 is 1.30 bits per heavy atom. The van der Waals surface area contributed by atoms with Crippen molar-refractivity contribution < 1.29 is 14.6 Å². The highest BCUT2D eigenvalue weighted by molar-refractivity contribution is 5.98. The van der Waals surface area contributed by atoms with Gasteiger partial charge in [-0.15, -0.1) is 0 Å². The molecule has 0 bridgehead atoms. The molecule has 1 aliphatic heterocycles. The molecule has 1 atom stereocenters. The third kappa shape index (κ3) is 3.22. The van der Waals surface area contributed by atoms with Crippen LogP contribution in [0.5, 0.6) is 5.75 Å². The number of carbonyl (C=O) groups is 1. The van der Waals surface area contributed by atoms with Gasteiger partial charge in [0.05, 0.1) is 6.61 Å². The second-order valence-electron chi connectivity index (χ2n) is 5.94. The molecule has 1 unspecified atom stereocenters. The number of ether oxygens (including phenoxy) is 1. The fourth-order valence-corrected chi connectivity index (χ4v) is 2.91. The van der Waals surface area contributed by atoms with Gasteiger partial charge in [0.25, 0.3) is 5.91 Å². The maximum Gasteiger partial charge on any atom is 0.267 e. The molecule has 0 saturated heterocycles. The molecule has 0 spiro atoms. The van der Waals surface area contributed by atoms with Gasteiger partial charge in [-0.1, -0.05) is 24.3 Å². The van der Waals surface area contributed by atoms with Gasteiger partial charge in [-0.25, -0.2) is 0 Å². The normalized spacial score (nSPS) is 14.5.